The highest BCUT2D eigenvalue weighted by Crippen LogP contribution is 2.24. The first-order chi connectivity index (χ1) is 9.22. The Kier molecular flexibility index (Phi) is 3.31. The minimum atomic E-state index is -0.296. The van der Waals surface area contributed by atoms with Crippen LogP contribution in [0, 0.1) is 0 Å². The van der Waals surface area contributed by atoms with Crippen LogP contribution in [-0.4, -0.2) is 39.3 Å². The molecule has 0 amide bonds. The van der Waals surface area contributed by atoms with Crippen LogP contribution in [0.25, 0.3) is 11.4 Å². The van der Waals surface area contributed by atoms with Crippen molar-refractivity contribution in [2.75, 3.05) is 18.0 Å². The summed E-state index contributed by atoms with van der Waals surface area (Å²) in [6, 6.07) is 5.44. The van der Waals surface area contributed by atoms with Gasteiger partial charge < -0.3 is 10.0 Å². The second kappa shape index (κ2) is 5.11. The van der Waals surface area contributed by atoms with Crippen LogP contribution in [0.2, 0.25) is 5.15 Å². The smallest absolute Gasteiger partial charge is 0.164 e. The number of anilines is 1. The second-order valence-corrected chi connectivity index (χ2v) is 4.89. The number of hydrogen-bond donors (Lipinski definition) is 1. The fourth-order valence-electron chi connectivity index (χ4n) is 2.14. The Hall–Kier alpha value is -1.72. The van der Waals surface area contributed by atoms with Crippen LogP contribution in [0.5, 0.6) is 0 Å². The second-order valence-electron chi connectivity index (χ2n) is 4.50. The average molecular weight is 277 g/mol. The number of pyridine rings is 1. The SMILES string of the molecule is O[C@H]1CCN(c2cc(Cl)nc(-c3cccnc3)n2)C1. The van der Waals surface area contributed by atoms with Gasteiger partial charge in [-0.25, -0.2) is 9.97 Å². The first-order valence-electron chi connectivity index (χ1n) is 6.10. The molecule has 3 rings (SSSR count). The molecular weight excluding hydrogens is 264 g/mol. The van der Waals surface area contributed by atoms with Crippen molar-refractivity contribution in [3.05, 3.63) is 35.7 Å². The molecule has 98 valence electrons. The molecule has 3 heterocycles. The quantitative estimate of drug-likeness (QED) is 0.847. The molecule has 1 N–H and O–H groups in total. The number of aliphatic hydroxyl groups is 1. The van der Waals surface area contributed by atoms with Gasteiger partial charge in [0.15, 0.2) is 5.82 Å². The Morgan fingerprint density at radius 1 is 1.37 bits per heavy atom. The van der Waals surface area contributed by atoms with E-state index in [2.05, 4.69) is 15.0 Å². The maximum atomic E-state index is 9.59. The Labute approximate surface area is 115 Å². The third-order valence-electron chi connectivity index (χ3n) is 3.09. The fourth-order valence-corrected chi connectivity index (χ4v) is 2.32. The van der Waals surface area contributed by atoms with Crippen molar-refractivity contribution >= 4 is 17.4 Å². The van der Waals surface area contributed by atoms with E-state index in [-0.39, 0.29) is 6.10 Å². The number of hydrogen-bond acceptors (Lipinski definition) is 5. The van der Waals surface area contributed by atoms with Crippen molar-refractivity contribution in [2.24, 2.45) is 0 Å². The lowest BCUT2D eigenvalue weighted by Gasteiger charge is -2.17. The van der Waals surface area contributed by atoms with Gasteiger partial charge in [-0.15, -0.1) is 0 Å². The average Bonchev–Trinajstić information content (AvgIpc) is 2.86. The van der Waals surface area contributed by atoms with Gasteiger partial charge in [-0.05, 0) is 18.6 Å². The number of β-amino-alcohol motifs (C(OH)–C–C–N with tert-alkyl or cyclic N) is 1. The Morgan fingerprint density at radius 3 is 2.95 bits per heavy atom. The van der Waals surface area contributed by atoms with Gasteiger partial charge >= 0.3 is 0 Å². The molecule has 0 aromatic carbocycles. The summed E-state index contributed by atoms with van der Waals surface area (Å²) in [6.45, 7) is 1.36. The van der Waals surface area contributed by atoms with Gasteiger partial charge in [0, 0.05) is 37.1 Å². The van der Waals surface area contributed by atoms with Gasteiger partial charge in [-0.3, -0.25) is 4.98 Å². The zero-order valence-corrected chi connectivity index (χ0v) is 11.0. The summed E-state index contributed by atoms with van der Waals surface area (Å²) in [6.07, 6.45) is 3.86. The molecule has 1 atom stereocenters. The van der Waals surface area contributed by atoms with Crippen molar-refractivity contribution in [1.82, 2.24) is 15.0 Å². The normalized spacial score (nSPS) is 18.8. The highest BCUT2D eigenvalue weighted by atomic mass is 35.5. The molecule has 1 aliphatic heterocycles. The predicted molar refractivity (Wildman–Crippen MR) is 73.1 cm³/mol. The molecule has 0 aliphatic carbocycles. The standard InChI is InChI=1S/C13H13ClN4O/c14-11-6-12(18-5-3-10(19)8-18)17-13(16-11)9-2-1-4-15-7-9/h1-2,4,6-7,10,19H,3,5,8H2/t10-/m0/s1. The van der Waals surface area contributed by atoms with E-state index in [1.54, 1.807) is 18.5 Å². The summed E-state index contributed by atoms with van der Waals surface area (Å²) in [5.41, 5.74) is 0.825. The van der Waals surface area contributed by atoms with E-state index >= 15 is 0 Å². The molecule has 2 aromatic heterocycles. The topological polar surface area (TPSA) is 62.1 Å². The van der Waals surface area contributed by atoms with Gasteiger partial charge in [-0.2, -0.15) is 0 Å². The van der Waals surface area contributed by atoms with E-state index in [4.69, 9.17) is 11.6 Å². The van der Waals surface area contributed by atoms with Gasteiger partial charge in [0.2, 0.25) is 0 Å². The van der Waals surface area contributed by atoms with Crippen LogP contribution in [0.1, 0.15) is 6.42 Å². The zero-order valence-electron chi connectivity index (χ0n) is 10.2. The largest absolute Gasteiger partial charge is 0.391 e. The third-order valence-corrected chi connectivity index (χ3v) is 3.28. The van der Waals surface area contributed by atoms with Crippen LogP contribution in [-0.2, 0) is 0 Å². The number of aromatic nitrogens is 3. The van der Waals surface area contributed by atoms with Gasteiger partial charge in [0.1, 0.15) is 11.0 Å². The number of nitrogens with zero attached hydrogens (tertiary/aromatic N) is 4. The summed E-state index contributed by atoms with van der Waals surface area (Å²) in [5.74, 6) is 1.30. The first-order valence-corrected chi connectivity index (χ1v) is 6.48. The van der Waals surface area contributed by atoms with E-state index in [0.29, 0.717) is 17.5 Å². The van der Waals surface area contributed by atoms with Gasteiger partial charge in [0.25, 0.3) is 0 Å². The lowest BCUT2D eigenvalue weighted by molar-refractivity contribution is 0.198. The molecule has 0 unspecified atom stereocenters. The van der Waals surface area contributed by atoms with Crippen LogP contribution in [0.4, 0.5) is 5.82 Å². The lowest BCUT2D eigenvalue weighted by atomic mass is 10.2. The molecule has 0 bridgehead atoms. The summed E-state index contributed by atoms with van der Waals surface area (Å²) >= 11 is 6.05. The Morgan fingerprint density at radius 2 is 2.26 bits per heavy atom. The monoisotopic (exact) mass is 276 g/mol. The fraction of sp³-hybridized carbons (Fsp3) is 0.308. The van der Waals surface area contributed by atoms with E-state index in [9.17, 15) is 5.11 Å². The summed E-state index contributed by atoms with van der Waals surface area (Å²) in [7, 11) is 0. The van der Waals surface area contributed by atoms with Gasteiger partial charge in [0.05, 0.1) is 6.10 Å². The van der Waals surface area contributed by atoms with Crippen LogP contribution < -0.4 is 4.90 Å². The molecule has 1 aliphatic rings. The number of halogens is 1. The molecule has 5 nitrogen and oxygen atoms in total. The third kappa shape index (κ3) is 2.67. The minimum absolute atomic E-state index is 0.296. The molecule has 2 aromatic rings. The Bertz CT molecular complexity index is 578. The van der Waals surface area contributed by atoms with E-state index in [1.807, 2.05) is 17.0 Å². The summed E-state index contributed by atoms with van der Waals surface area (Å²) in [5, 5.41) is 9.98. The molecule has 19 heavy (non-hydrogen) atoms. The number of aliphatic hydroxyl groups excluding tert-OH is 1. The van der Waals surface area contributed by atoms with Crippen molar-refractivity contribution in [2.45, 2.75) is 12.5 Å². The molecule has 1 saturated heterocycles. The minimum Gasteiger partial charge on any atom is -0.391 e. The maximum absolute atomic E-state index is 9.59. The van der Waals surface area contributed by atoms with Crippen molar-refractivity contribution in [3.63, 3.8) is 0 Å². The molecule has 0 radical (unpaired) electrons. The van der Waals surface area contributed by atoms with E-state index < -0.39 is 0 Å². The summed E-state index contributed by atoms with van der Waals surface area (Å²) < 4.78 is 0. The molecule has 6 heteroatoms. The molecular formula is C13H13ClN4O. The van der Waals surface area contributed by atoms with Crippen molar-refractivity contribution in [3.8, 4) is 11.4 Å². The molecule has 0 saturated carbocycles. The Balaban J connectivity index is 1.97. The van der Waals surface area contributed by atoms with Gasteiger partial charge in [-0.1, -0.05) is 11.6 Å². The predicted octanol–water partition coefficient (Wildman–Crippen LogP) is 1.76. The van der Waals surface area contributed by atoms with Crippen molar-refractivity contribution < 1.29 is 5.11 Å². The number of rotatable bonds is 2. The molecule has 0 spiro atoms. The molecule has 1 fully saturated rings. The maximum Gasteiger partial charge on any atom is 0.164 e. The van der Waals surface area contributed by atoms with Crippen LogP contribution >= 0.6 is 11.6 Å². The van der Waals surface area contributed by atoms with Crippen LogP contribution in [0.3, 0.4) is 0 Å². The summed E-state index contributed by atoms with van der Waals surface area (Å²) in [4.78, 5) is 14.8. The lowest BCUT2D eigenvalue weighted by Crippen LogP contribution is -2.22. The van der Waals surface area contributed by atoms with Crippen molar-refractivity contribution in [1.29, 1.82) is 0 Å². The highest BCUT2D eigenvalue weighted by Gasteiger charge is 2.22. The first kappa shape index (κ1) is 12.3. The zero-order chi connectivity index (χ0) is 13.2. The van der Waals surface area contributed by atoms with E-state index in [1.165, 1.54) is 0 Å². The van der Waals surface area contributed by atoms with E-state index in [0.717, 1.165) is 24.3 Å². The van der Waals surface area contributed by atoms with Crippen LogP contribution in [0.15, 0.2) is 30.6 Å². The highest BCUT2D eigenvalue weighted by molar-refractivity contribution is 6.29.